The number of oxazole rings is 1. The lowest BCUT2D eigenvalue weighted by Gasteiger charge is -2.24. The molecule has 0 radical (unpaired) electrons. The molecular formula is C23H30N4O3. The van der Waals surface area contributed by atoms with Crippen LogP contribution in [0.2, 0.25) is 0 Å². The molecule has 1 saturated carbocycles. The van der Waals surface area contributed by atoms with E-state index >= 15 is 0 Å². The van der Waals surface area contributed by atoms with Gasteiger partial charge in [0.25, 0.3) is 0 Å². The summed E-state index contributed by atoms with van der Waals surface area (Å²) in [6.45, 7) is 2.56. The molecule has 0 unspecified atom stereocenters. The third kappa shape index (κ3) is 4.50. The van der Waals surface area contributed by atoms with Gasteiger partial charge in [0, 0.05) is 30.9 Å². The number of aryl methyl sites for hydroxylation is 1. The van der Waals surface area contributed by atoms with E-state index < -0.39 is 5.76 Å². The standard InChI is InChI=1S/C23H30N4O3/c1-17-15-25-21(27(17)18-9-5-3-2-4-6-10-18)13-14-24-22(28)16-26-19-11-7-8-12-20(19)30-23(26)29/h7-8,11-12,15,18H,2-6,9-10,13-14,16H2,1H3,(H,24,28). The predicted molar refractivity (Wildman–Crippen MR) is 116 cm³/mol. The smallest absolute Gasteiger partial charge is 0.408 e. The summed E-state index contributed by atoms with van der Waals surface area (Å²) >= 11 is 0. The summed E-state index contributed by atoms with van der Waals surface area (Å²) in [4.78, 5) is 29.1. The van der Waals surface area contributed by atoms with Gasteiger partial charge >= 0.3 is 5.76 Å². The van der Waals surface area contributed by atoms with Crippen LogP contribution in [0.4, 0.5) is 0 Å². The lowest BCUT2D eigenvalue weighted by molar-refractivity contribution is -0.121. The molecule has 4 rings (SSSR count). The van der Waals surface area contributed by atoms with Crippen molar-refractivity contribution in [1.82, 2.24) is 19.4 Å². The average molecular weight is 411 g/mol. The molecule has 7 nitrogen and oxygen atoms in total. The Labute approximate surface area is 176 Å². The number of imidazole rings is 1. The zero-order valence-electron chi connectivity index (χ0n) is 17.6. The molecule has 0 saturated heterocycles. The molecule has 1 aromatic carbocycles. The van der Waals surface area contributed by atoms with Crippen LogP contribution in [-0.2, 0) is 17.8 Å². The number of carbonyl (C=O) groups excluding carboxylic acids is 1. The number of hydrogen-bond acceptors (Lipinski definition) is 4. The highest BCUT2D eigenvalue weighted by atomic mass is 16.4. The third-order valence-electron chi connectivity index (χ3n) is 6.04. The van der Waals surface area contributed by atoms with Gasteiger partial charge in [-0.15, -0.1) is 0 Å². The lowest BCUT2D eigenvalue weighted by Crippen LogP contribution is -2.32. The zero-order chi connectivity index (χ0) is 20.9. The summed E-state index contributed by atoms with van der Waals surface area (Å²) in [7, 11) is 0. The number of nitrogens with one attached hydrogen (secondary N) is 1. The normalized spacial score (nSPS) is 15.8. The van der Waals surface area contributed by atoms with Gasteiger partial charge in [-0.2, -0.15) is 0 Å². The van der Waals surface area contributed by atoms with Gasteiger partial charge in [-0.25, -0.2) is 9.78 Å². The van der Waals surface area contributed by atoms with Crippen molar-refractivity contribution in [2.45, 2.75) is 70.9 Å². The minimum atomic E-state index is -0.512. The fourth-order valence-corrected chi connectivity index (χ4v) is 4.55. The van der Waals surface area contributed by atoms with E-state index in [9.17, 15) is 9.59 Å². The second-order valence-electron chi connectivity index (χ2n) is 8.21. The van der Waals surface area contributed by atoms with Crippen LogP contribution >= 0.6 is 0 Å². The first kappa shape index (κ1) is 20.4. The molecule has 0 bridgehead atoms. The largest absolute Gasteiger partial charge is 0.420 e. The van der Waals surface area contributed by atoms with E-state index in [1.54, 1.807) is 18.2 Å². The van der Waals surface area contributed by atoms with Gasteiger partial charge in [-0.1, -0.05) is 44.2 Å². The summed E-state index contributed by atoms with van der Waals surface area (Å²) in [6.07, 6.45) is 11.5. The Morgan fingerprint density at radius 1 is 1.17 bits per heavy atom. The Morgan fingerprint density at radius 3 is 2.70 bits per heavy atom. The third-order valence-corrected chi connectivity index (χ3v) is 6.04. The van der Waals surface area contributed by atoms with Crippen molar-refractivity contribution in [3.63, 3.8) is 0 Å². The maximum Gasteiger partial charge on any atom is 0.420 e. The van der Waals surface area contributed by atoms with E-state index in [2.05, 4.69) is 21.8 Å². The molecule has 1 N–H and O–H groups in total. The number of nitrogens with zero attached hydrogens (tertiary/aromatic N) is 3. The van der Waals surface area contributed by atoms with Crippen molar-refractivity contribution in [2.75, 3.05) is 6.54 Å². The molecule has 30 heavy (non-hydrogen) atoms. The molecule has 7 heteroatoms. The molecule has 0 aliphatic heterocycles. The number of para-hydroxylation sites is 2. The van der Waals surface area contributed by atoms with Crippen LogP contribution in [0, 0.1) is 6.92 Å². The molecule has 1 amide bonds. The van der Waals surface area contributed by atoms with Gasteiger partial charge in [0.15, 0.2) is 5.58 Å². The zero-order valence-corrected chi connectivity index (χ0v) is 17.6. The topological polar surface area (TPSA) is 82.1 Å². The van der Waals surface area contributed by atoms with Crippen LogP contribution in [0.5, 0.6) is 0 Å². The Hall–Kier alpha value is -2.83. The summed E-state index contributed by atoms with van der Waals surface area (Å²) in [5.41, 5.74) is 2.32. The average Bonchev–Trinajstić information content (AvgIpc) is 3.22. The van der Waals surface area contributed by atoms with E-state index in [-0.39, 0.29) is 12.5 Å². The molecule has 1 aliphatic carbocycles. The summed E-state index contributed by atoms with van der Waals surface area (Å²) in [5.74, 6) is 0.315. The summed E-state index contributed by atoms with van der Waals surface area (Å²) < 4.78 is 8.94. The SMILES string of the molecule is Cc1cnc(CCNC(=O)Cn2c(=O)oc3ccccc32)n1C1CCCCCCC1. The number of aromatic nitrogens is 3. The molecule has 2 aromatic heterocycles. The fourth-order valence-electron chi connectivity index (χ4n) is 4.55. The van der Waals surface area contributed by atoms with E-state index in [4.69, 9.17) is 4.42 Å². The Kier molecular flexibility index (Phi) is 6.35. The second-order valence-corrected chi connectivity index (χ2v) is 8.21. The van der Waals surface area contributed by atoms with Crippen molar-refractivity contribution in [2.24, 2.45) is 0 Å². The highest BCUT2D eigenvalue weighted by molar-refractivity contribution is 5.79. The minimum Gasteiger partial charge on any atom is -0.408 e. The predicted octanol–water partition coefficient (Wildman–Crippen LogP) is 3.74. The van der Waals surface area contributed by atoms with Crippen LogP contribution in [0.15, 0.2) is 39.7 Å². The first-order valence-corrected chi connectivity index (χ1v) is 11.0. The maximum absolute atomic E-state index is 12.4. The van der Waals surface area contributed by atoms with E-state index in [1.807, 2.05) is 12.3 Å². The quantitative estimate of drug-likeness (QED) is 0.671. The molecule has 0 spiro atoms. The summed E-state index contributed by atoms with van der Waals surface area (Å²) in [5, 5.41) is 2.93. The molecule has 3 aromatic rings. The molecule has 160 valence electrons. The first-order valence-electron chi connectivity index (χ1n) is 11.0. The van der Waals surface area contributed by atoms with Crippen LogP contribution in [0.1, 0.15) is 62.5 Å². The van der Waals surface area contributed by atoms with Gasteiger partial charge < -0.3 is 14.3 Å². The molecule has 2 heterocycles. The number of benzene rings is 1. The summed E-state index contributed by atoms with van der Waals surface area (Å²) in [6, 6.07) is 7.64. The molecule has 0 atom stereocenters. The molecule has 1 fully saturated rings. The number of rotatable bonds is 6. The van der Waals surface area contributed by atoms with Crippen molar-refractivity contribution in [3.05, 3.63) is 52.5 Å². The van der Waals surface area contributed by atoms with Crippen molar-refractivity contribution in [3.8, 4) is 0 Å². The van der Waals surface area contributed by atoms with Gasteiger partial charge in [-0.05, 0) is 31.9 Å². The van der Waals surface area contributed by atoms with E-state index in [1.165, 1.54) is 55.2 Å². The van der Waals surface area contributed by atoms with E-state index in [0.29, 0.717) is 30.1 Å². The van der Waals surface area contributed by atoms with Gasteiger partial charge in [0.1, 0.15) is 12.4 Å². The monoisotopic (exact) mass is 410 g/mol. The number of carbonyl (C=O) groups is 1. The van der Waals surface area contributed by atoms with Crippen molar-refractivity contribution >= 4 is 17.0 Å². The highest BCUT2D eigenvalue weighted by Gasteiger charge is 2.19. The number of fused-ring (bicyclic) bond motifs is 1. The minimum absolute atomic E-state index is 0.0497. The highest BCUT2D eigenvalue weighted by Crippen LogP contribution is 2.28. The van der Waals surface area contributed by atoms with Crippen molar-refractivity contribution in [1.29, 1.82) is 0 Å². The fraction of sp³-hybridized carbons (Fsp3) is 0.522. The second kappa shape index (κ2) is 9.32. The van der Waals surface area contributed by atoms with E-state index in [0.717, 1.165) is 5.82 Å². The number of hydrogen-bond donors (Lipinski definition) is 1. The van der Waals surface area contributed by atoms with Gasteiger partial charge in [0.2, 0.25) is 5.91 Å². The maximum atomic E-state index is 12.4. The van der Waals surface area contributed by atoms with Crippen molar-refractivity contribution < 1.29 is 9.21 Å². The van der Waals surface area contributed by atoms with Crippen LogP contribution in [-0.4, -0.2) is 26.6 Å². The van der Waals surface area contributed by atoms with Crippen LogP contribution in [0.25, 0.3) is 11.1 Å². The first-order chi connectivity index (χ1) is 14.6. The molecular weight excluding hydrogens is 380 g/mol. The molecule has 1 aliphatic rings. The van der Waals surface area contributed by atoms with Crippen LogP contribution in [0.3, 0.4) is 0 Å². The lowest BCUT2D eigenvalue weighted by atomic mass is 9.96. The Balaban J connectivity index is 1.37. The van der Waals surface area contributed by atoms with Crippen LogP contribution < -0.4 is 11.1 Å². The van der Waals surface area contributed by atoms with Gasteiger partial charge in [-0.3, -0.25) is 9.36 Å². The Bertz CT molecular complexity index is 1050. The van der Waals surface area contributed by atoms with Gasteiger partial charge in [0.05, 0.1) is 5.52 Å². The number of amides is 1. The Morgan fingerprint density at radius 2 is 1.90 bits per heavy atom.